The molecule has 0 radical (unpaired) electrons. The Hall–Kier alpha value is -2.11. The fraction of sp³-hybridized carbons (Fsp3) is 0.500. The minimum atomic E-state index is -0.925. The maximum Gasteiger partial charge on any atom is 0.321 e. The number of hydrogen-bond acceptors (Lipinski definition) is 3. The second-order valence-corrected chi connectivity index (χ2v) is 4.53. The second-order valence-electron chi connectivity index (χ2n) is 4.53. The van der Waals surface area contributed by atoms with Crippen LogP contribution < -0.4 is 5.32 Å². The number of carboxylic acids is 1. The van der Waals surface area contributed by atoms with Crippen LogP contribution in [0.1, 0.15) is 32.4 Å². The average molecular weight is 279 g/mol. The normalized spacial score (nSPS) is 10.1. The second kappa shape index (κ2) is 8.14. The number of nitrogens with one attached hydrogen (secondary N) is 1. The molecule has 0 unspecified atom stereocenters. The van der Waals surface area contributed by atoms with E-state index in [4.69, 9.17) is 5.11 Å². The van der Waals surface area contributed by atoms with Gasteiger partial charge in [-0.15, -0.1) is 0 Å². The van der Waals surface area contributed by atoms with Crippen molar-refractivity contribution in [3.63, 3.8) is 0 Å². The van der Waals surface area contributed by atoms with E-state index in [-0.39, 0.29) is 12.5 Å². The highest BCUT2D eigenvalue weighted by atomic mass is 16.4. The number of aromatic nitrogens is 1. The molecule has 2 N–H and O–H groups in total. The number of carbonyl (C=O) groups is 2. The van der Waals surface area contributed by atoms with Crippen LogP contribution in [0, 0.1) is 0 Å². The Balaban J connectivity index is 2.62. The highest BCUT2D eigenvalue weighted by Crippen LogP contribution is 2.08. The van der Waals surface area contributed by atoms with E-state index in [1.54, 1.807) is 17.0 Å². The van der Waals surface area contributed by atoms with Gasteiger partial charge in [0.05, 0.1) is 24.0 Å². The maximum absolute atomic E-state index is 12.0. The van der Waals surface area contributed by atoms with Gasteiger partial charge in [-0.05, 0) is 25.0 Å². The van der Waals surface area contributed by atoms with E-state index in [0.29, 0.717) is 24.5 Å². The van der Waals surface area contributed by atoms with Crippen LogP contribution >= 0.6 is 0 Å². The van der Waals surface area contributed by atoms with Gasteiger partial charge in [0, 0.05) is 13.1 Å². The Bertz CT molecular complexity index is 439. The SMILES string of the molecule is CCCN(CCC)C(=O)Nc1ccc(CC(=O)O)nc1. The van der Waals surface area contributed by atoms with Gasteiger partial charge in [-0.1, -0.05) is 13.8 Å². The molecule has 6 nitrogen and oxygen atoms in total. The molecule has 0 spiro atoms. The number of rotatable bonds is 7. The highest BCUT2D eigenvalue weighted by Gasteiger charge is 2.11. The maximum atomic E-state index is 12.0. The fourth-order valence-electron chi connectivity index (χ4n) is 1.82. The number of pyridine rings is 1. The molecule has 20 heavy (non-hydrogen) atoms. The molecular weight excluding hydrogens is 258 g/mol. The minimum absolute atomic E-state index is 0.119. The molecule has 1 aromatic rings. The van der Waals surface area contributed by atoms with Crippen molar-refractivity contribution in [2.75, 3.05) is 18.4 Å². The number of amides is 2. The van der Waals surface area contributed by atoms with E-state index in [0.717, 1.165) is 12.8 Å². The van der Waals surface area contributed by atoms with Crippen molar-refractivity contribution in [1.29, 1.82) is 0 Å². The molecule has 0 aliphatic heterocycles. The van der Waals surface area contributed by atoms with Gasteiger partial charge in [-0.2, -0.15) is 0 Å². The lowest BCUT2D eigenvalue weighted by molar-refractivity contribution is -0.136. The van der Waals surface area contributed by atoms with Crippen molar-refractivity contribution in [3.05, 3.63) is 24.0 Å². The van der Waals surface area contributed by atoms with Crippen LogP contribution in [0.5, 0.6) is 0 Å². The largest absolute Gasteiger partial charge is 0.481 e. The van der Waals surface area contributed by atoms with Crippen molar-refractivity contribution >= 4 is 17.7 Å². The third-order valence-electron chi connectivity index (χ3n) is 2.68. The number of carboxylic acid groups (broad SMARTS) is 1. The number of hydrogen-bond donors (Lipinski definition) is 2. The molecule has 2 amide bonds. The van der Waals surface area contributed by atoms with Crippen LogP contribution in [0.3, 0.4) is 0 Å². The number of aliphatic carboxylic acids is 1. The summed E-state index contributed by atoms with van der Waals surface area (Å²) in [5.41, 5.74) is 1.04. The Morgan fingerprint density at radius 3 is 2.35 bits per heavy atom. The lowest BCUT2D eigenvalue weighted by atomic mass is 10.2. The van der Waals surface area contributed by atoms with Crippen molar-refractivity contribution in [3.8, 4) is 0 Å². The van der Waals surface area contributed by atoms with Gasteiger partial charge in [-0.3, -0.25) is 9.78 Å². The van der Waals surface area contributed by atoms with Crippen LogP contribution in [0.25, 0.3) is 0 Å². The van der Waals surface area contributed by atoms with E-state index in [1.165, 1.54) is 6.20 Å². The summed E-state index contributed by atoms with van der Waals surface area (Å²) in [6.45, 7) is 5.48. The first-order valence-corrected chi connectivity index (χ1v) is 6.79. The number of anilines is 1. The summed E-state index contributed by atoms with van der Waals surface area (Å²) in [4.78, 5) is 28.4. The van der Waals surface area contributed by atoms with Crippen LogP contribution in [0.4, 0.5) is 10.5 Å². The van der Waals surface area contributed by atoms with Crippen molar-refractivity contribution < 1.29 is 14.7 Å². The zero-order valence-corrected chi connectivity index (χ0v) is 11.9. The van der Waals surface area contributed by atoms with Gasteiger partial charge in [0.15, 0.2) is 0 Å². The highest BCUT2D eigenvalue weighted by molar-refractivity contribution is 5.89. The van der Waals surface area contributed by atoms with E-state index in [1.807, 2.05) is 13.8 Å². The first-order chi connectivity index (χ1) is 9.56. The first kappa shape index (κ1) is 15.9. The molecule has 1 rings (SSSR count). The molecular formula is C14H21N3O3. The minimum Gasteiger partial charge on any atom is -0.481 e. The van der Waals surface area contributed by atoms with Crippen molar-refractivity contribution in [1.82, 2.24) is 9.88 Å². The first-order valence-electron chi connectivity index (χ1n) is 6.79. The van der Waals surface area contributed by atoms with E-state index in [2.05, 4.69) is 10.3 Å². The smallest absolute Gasteiger partial charge is 0.321 e. The summed E-state index contributed by atoms with van der Waals surface area (Å²) in [7, 11) is 0. The number of urea groups is 1. The van der Waals surface area contributed by atoms with Gasteiger partial charge >= 0.3 is 12.0 Å². The Kier molecular flexibility index (Phi) is 6.49. The Labute approximate surface area is 118 Å². The van der Waals surface area contributed by atoms with Crippen LogP contribution in [0.15, 0.2) is 18.3 Å². The van der Waals surface area contributed by atoms with Gasteiger partial charge in [-0.25, -0.2) is 4.79 Å². The van der Waals surface area contributed by atoms with Crippen LogP contribution in [-0.4, -0.2) is 40.1 Å². The molecule has 1 aromatic heterocycles. The molecule has 0 saturated carbocycles. The Morgan fingerprint density at radius 2 is 1.90 bits per heavy atom. The van der Waals surface area contributed by atoms with Gasteiger partial charge in [0.1, 0.15) is 0 Å². The lowest BCUT2D eigenvalue weighted by Gasteiger charge is -2.21. The summed E-state index contributed by atoms with van der Waals surface area (Å²) in [6, 6.07) is 3.12. The molecule has 0 aromatic carbocycles. The molecule has 0 aliphatic rings. The molecule has 0 saturated heterocycles. The van der Waals surface area contributed by atoms with Gasteiger partial charge < -0.3 is 15.3 Å². The van der Waals surface area contributed by atoms with Crippen molar-refractivity contribution in [2.45, 2.75) is 33.1 Å². The van der Waals surface area contributed by atoms with E-state index >= 15 is 0 Å². The van der Waals surface area contributed by atoms with E-state index in [9.17, 15) is 9.59 Å². The predicted octanol–water partition coefficient (Wildman–Crippen LogP) is 2.36. The molecule has 6 heteroatoms. The summed E-state index contributed by atoms with van der Waals surface area (Å²) in [5.74, 6) is -0.925. The number of nitrogens with zero attached hydrogens (tertiary/aromatic N) is 2. The molecule has 0 aliphatic carbocycles. The summed E-state index contributed by atoms with van der Waals surface area (Å²) in [6.07, 6.45) is 3.17. The predicted molar refractivity (Wildman–Crippen MR) is 76.8 cm³/mol. The quantitative estimate of drug-likeness (QED) is 0.802. The fourth-order valence-corrected chi connectivity index (χ4v) is 1.82. The summed E-state index contributed by atoms with van der Waals surface area (Å²) in [5, 5.41) is 11.4. The third-order valence-corrected chi connectivity index (χ3v) is 2.68. The van der Waals surface area contributed by atoms with Crippen LogP contribution in [-0.2, 0) is 11.2 Å². The van der Waals surface area contributed by atoms with Gasteiger partial charge in [0.2, 0.25) is 0 Å². The summed E-state index contributed by atoms with van der Waals surface area (Å²) >= 11 is 0. The molecule has 1 heterocycles. The molecule has 0 fully saturated rings. The number of carbonyl (C=O) groups excluding carboxylic acids is 1. The molecule has 0 bridgehead atoms. The Morgan fingerprint density at radius 1 is 1.25 bits per heavy atom. The van der Waals surface area contributed by atoms with Crippen LogP contribution in [0.2, 0.25) is 0 Å². The average Bonchev–Trinajstić information content (AvgIpc) is 2.40. The van der Waals surface area contributed by atoms with Crippen molar-refractivity contribution in [2.24, 2.45) is 0 Å². The molecule has 110 valence electrons. The zero-order chi connectivity index (χ0) is 15.0. The standard InChI is InChI=1S/C14H21N3O3/c1-3-7-17(8-4-2)14(20)16-12-6-5-11(15-10-12)9-13(18)19/h5-6,10H,3-4,7-9H2,1-2H3,(H,16,20)(H,18,19). The monoisotopic (exact) mass is 279 g/mol. The summed E-state index contributed by atoms with van der Waals surface area (Å²) < 4.78 is 0. The lowest BCUT2D eigenvalue weighted by Crippen LogP contribution is -2.36. The topological polar surface area (TPSA) is 82.5 Å². The van der Waals surface area contributed by atoms with Gasteiger partial charge in [0.25, 0.3) is 0 Å². The third kappa shape index (κ3) is 5.26. The molecule has 0 atom stereocenters. The van der Waals surface area contributed by atoms with E-state index < -0.39 is 5.97 Å². The zero-order valence-electron chi connectivity index (χ0n) is 11.9.